The number of rotatable bonds is 3. The van der Waals surface area contributed by atoms with Gasteiger partial charge in [-0.3, -0.25) is 4.68 Å². The van der Waals surface area contributed by atoms with Crippen LogP contribution in [0, 0.1) is 0 Å². The highest BCUT2D eigenvalue weighted by Gasteiger charge is 2.08. The molecular formula is C11H8BrN3OS. The molecule has 0 atom stereocenters. The Balaban J connectivity index is 1.81. The summed E-state index contributed by atoms with van der Waals surface area (Å²) < 4.78 is 8.06. The first-order valence-electron chi connectivity index (χ1n) is 4.99. The minimum absolute atomic E-state index is 0.612. The zero-order valence-electron chi connectivity index (χ0n) is 8.71. The standard InChI is InChI=1S/C11H8BrN3OS/c12-8-5-13-15(6-8)7-9-4-10(16-14-9)11-2-1-3-17-11/h1-6H,7H2. The molecule has 0 saturated carbocycles. The van der Waals surface area contributed by atoms with E-state index in [0.29, 0.717) is 6.54 Å². The van der Waals surface area contributed by atoms with Gasteiger partial charge in [0, 0.05) is 12.3 Å². The van der Waals surface area contributed by atoms with Crippen LogP contribution in [-0.4, -0.2) is 14.9 Å². The molecular weight excluding hydrogens is 302 g/mol. The Kier molecular flexibility index (Phi) is 2.82. The molecule has 0 radical (unpaired) electrons. The van der Waals surface area contributed by atoms with Crippen molar-refractivity contribution in [1.29, 1.82) is 0 Å². The fourth-order valence-corrected chi connectivity index (χ4v) is 2.51. The molecule has 3 aromatic rings. The van der Waals surface area contributed by atoms with E-state index in [1.165, 1.54) is 0 Å². The molecule has 0 saturated heterocycles. The largest absolute Gasteiger partial charge is 0.355 e. The Hall–Kier alpha value is -1.40. The van der Waals surface area contributed by atoms with Crippen LogP contribution in [0.5, 0.6) is 0 Å². The molecule has 0 aliphatic heterocycles. The van der Waals surface area contributed by atoms with Crippen molar-refractivity contribution in [3.05, 3.63) is 46.1 Å². The third-order valence-corrected chi connectivity index (χ3v) is 3.54. The average molecular weight is 310 g/mol. The lowest BCUT2D eigenvalue weighted by atomic mass is 10.3. The maximum atomic E-state index is 5.30. The summed E-state index contributed by atoms with van der Waals surface area (Å²) in [6.45, 7) is 0.612. The van der Waals surface area contributed by atoms with E-state index < -0.39 is 0 Å². The number of hydrogen-bond acceptors (Lipinski definition) is 4. The molecule has 4 nitrogen and oxygen atoms in total. The van der Waals surface area contributed by atoms with Crippen LogP contribution in [0.3, 0.4) is 0 Å². The van der Waals surface area contributed by atoms with Crippen LogP contribution >= 0.6 is 27.3 Å². The first-order chi connectivity index (χ1) is 8.31. The smallest absolute Gasteiger partial charge is 0.177 e. The Labute approximate surface area is 110 Å². The molecule has 0 unspecified atom stereocenters. The van der Waals surface area contributed by atoms with Gasteiger partial charge < -0.3 is 4.52 Å². The normalized spacial score (nSPS) is 10.9. The number of aromatic nitrogens is 3. The predicted octanol–water partition coefficient (Wildman–Crippen LogP) is 3.41. The molecule has 3 heterocycles. The van der Waals surface area contributed by atoms with E-state index in [2.05, 4.69) is 26.2 Å². The fraction of sp³-hybridized carbons (Fsp3) is 0.0909. The molecule has 3 aromatic heterocycles. The Bertz CT molecular complexity index is 614. The summed E-state index contributed by atoms with van der Waals surface area (Å²) in [5.41, 5.74) is 0.865. The Morgan fingerprint density at radius 2 is 2.41 bits per heavy atom. The average Bonchev–Trinajstić information content (AvgIpc) is 3.00. The maximum Gasteiger partial charge on any atom is 0.177 e. The number of nitrogens with zero attached hydrogens (tertiary/aromatic N) is 3. The highest BCUT2D eigenvalue weighted by Crippen LogP contribution is 2.25. The second kappa shape index (κ2) is 4.46. The van der Waals surface area contributed by atoms with Crippen LogP contribution < -0.4 is 0 Å². The van der Waals surface area contributed by atoms with Gasteiger partial charge in [-0.05, 0) is 27.4 Å². The predicted molar refractivity (Wildman–Crippen MR) is 68.8 cm³/mol. The molecule has 0 aliphatic carbocycles. The van der Waals surface area contributed by atoms with E-state index in [9.17, 15) is 0 Å². The minimum atomic E-state index is 0.612. The molecule has 0 aliphatic rings. The first-order valence-corrected chi connectivity index (χ1v) is 6.66. The topological polar surface area (TPSA) is 43.9 Å². The monoisotopic (exact) mass is 309 g/mol. The Morgan fingerprint density at radius 3 is 3.12 bits per heavy atom. The van der Waals surface area contributed by atoms with Crippen molar-refractivity contribution in [2.75, 3.05) is 0 Å². The van der Waals surface area contributed by atoms with Gasteiger partial charge in [-0.1, -0.05) is 11.2 Å². The van der Waals surface area contributed by atoms with E-state index in [0.717, 1.165) is 20.8 Å². The van der Waals surface area contributed by atoms with Gasteiger partial charge >= 0.3 is 0 Å². The second-order valence-corrected chi connectivity index (χ2v) is 5.38. The summed E-state index contributed by atoms with van der Waals surface area (Å²) in [6, 6.07) is 5.95. The van der Waals surface area contributed by atoms with Crippen molar-refractivity contribution in [1.82, 2.24) is 14.9 Å². The van der Waals surface area contributed by atoms with Gasteiger partial charge in [0.25, 0.3) is 0 Å². The van der Waals surface area contributed by atoms with E-state index in [1.807, 2.05) is 29.8 Å². The molecule has 3 rings (SSSR count). The summed E-state index contributed by atoms with van der Waals surface area (Å²) in [5.74, 6) is 0.807. The van der Waals surface area contributed by atoms with Crippen molar-refractivity contribution >= 4 is 27.3 Å². The van der Waals surface area contributed by atoms with Crippen LogP contribution in [-0.2, 0) is 6.54 Å². The number of halogens is 1. The molecule has 0 fully saturated rings. The molecule has 6 heteroatoms. The van der Waals surface area contributed by atoms with Crippen LogP contribution in [0.25, 0.3) is 10.6 Å². The maximum absolute atomic E-state index is 5.30. The molecule has 0 aromatic carbocycles. The van der Waals surface area contributed by atoms with Crippen molar-refractivity contribution in [2.45, 2.75) is 6.54 Å². The zero-order valence-corrected chi connectivity index (χ0v) is 11.1. The molecule has 0 N–H and O–H groups in total. The van der Waals surface area contributed by atoms with E-state index in [1.54, 1.807) is 22.2 Å². The van der Waals surface area contributed by atoms with E-state index in [-0.39, 0.29) is 0 Å². The van der Waals surface area contributed by atoms with Crippen LogP contribution in [0.2, 0.25) is 0 Å². The van der Waals surface area contributed by atoms with Crippen LogP contribution in [0.4, 0.5) is 0 Å². The molecule has 0 spiro atoms. The second-order valence-electron chi connectivity index (χ2n) is 3.52. The van der Waals surface area contributed by atoms with Crippen LogP contribution in [0.1, 0.15) is 5.69 Å². The molecule has 17 heavy (non-hydrogen) atoms. The van der Waals surface area contributed by atoms with Gasteiger partial charge in [0.05, 0.1) is 22.1 Å². The lowest BCUT2D eigenvalue weighted by Gasteiger charge is -1.94. The molecule has 86 valence electrons. The minimum Gasteiger partial charge on any atom is -0.355 e. The quantitative estimate of drug-likeness (QED) is 0.744. The van der Waals surface area contributed by atoms with E-state index in [4.69, 9.17) is 4.52 Å². The lowest BCUT2D eigenvalue weighted by Crippen LogP contribution is -1.99. The van der Waals surface area contributed by atoms with Crippen molar-refractivity contribution in [3.8, 4) is 10.6 Å². The third-order valence-electron chi connectivity index (χ3n) is 2.25. The molecule has 0 bridgehead atoms. The van der Waals surface area contributed by atoms with Crippen molar-refractivity contribution in [3.63, 3.8) is 0 Å². The van der Waals surface area contributed by atoms with Crippen LogP contribution in [0.15, 0.2) is 45.0 Å². The van der Waals surface area contributed by atoms with Gasteiger partial charge in [0.15, 0.2) is 5.76 Å². The first kappa shape index (κ1) is 10.7. The third kappa shape index (κ3) is 2.32. The summed E-state index contributed by atoms with van der Waals surface area (Å²) in [6.07, 6.45) is 3.65. The van der Waals surface area contributed by atoms with Gasteiger partial charge in [0.2, 0.25) is 0 Å². The highest BCUT2D eigenvalue weighted by atomic mass is 79.9. The molecule has 0 amide bonds. The van der Waals surface area contributed by atoms with Gasteiger partial charge in [-0.2, -0.15) is 5.10 Å². The highest BCUT2D eigenvalue weighted by molar-refractivity contribution is 9.10. The summed E-state index contributed by atoms with van der Waals surface area (Å²) in [7, 11) is 0. The SMILES string of the molecule is Brc1cnn(Cc2cc(-c3cccs3)on2)c1. The van der Waals surface area contributed by atoms with Crippen molar-refractivity contribution in [2.24, 2.45) is 0 Å². The number of thiophene rings is 1. The summed E-state index contributed by atoms with van der Waals surface area (Å²) in [4.78, 5) is 1.09. The fourth-order valence-electron chi connectivity index (χ4n) is 1.51. The van der Waals surface area contributed by atoms with Crippen molar-refractivity contribution < 1.29 is 4.52 Å². The lowest BCUT2D eigenvalue weighted by molar-refractivity contribution is 0.420. The summed E-state index contributed by atoms with van der Waals surface area (Å²) in [5, 5.41) is 10.2. The zero-order chi connectivity index (χ0) is 11.7. The van der Waals surface area contributed by atoms with E-state index >= 15 is 0 Å². The number of hydrogen-bond donors (Lipinski definition) is 0. The van der Waals surface area contributed by atoms with Gasteiger partial charge in [0.1, 0.15) is 5.69 Å². The van der Waals surface area contributed by atoms with Gasteiger partial charge in [-0.25, -0.2) is 0 Å². The summed E-state index contributed by atoms with van der Waals surface area (Å²) >= 11 is 4.99. The Morgan fingerprint density at radius 1 is 1.47 bits per heavy atom. The van der Waals surface area contributed by atoms with Gasteiger partial charge in [-0.15, -0.1) is 11.3 Å².